The molecule has 0 saturated carbocycles. The summed E-state index contributed by atoms with van der Waals surface area (Å²) in [5.41, 5.74) is 0. The second-order valence-electron chi connectivity index (χ2n) is 5.89. The molecule has 0 amide bonds. The van der Waals surface area contributed by atoms with Crippen LogP contribution in [0.3, 0.4) is 0 Å². The van der Waals surface area contributed by atoms with Crippen molar-refractivity contribution in [2.75, 3.05) is 19.8 Å². The Bertz CT molecular complexity index is 436. The number of aliphatic hydroxyl groups excluding tert-OH is 1. The molecule has 5 saturated heterocycles. The minimum Gasteiger partial charge on any atom is -0.385 e. The number of rotatable bonds is 2. The van der Waals surface area contributed by atoms with Gasteiger partial charge in [0.15, 0.2) is 6.29 Å². The van der Waals surface area contributed by atoms with E-state index in [0.717, 1.165) is 0 Å². The largest absolute Gasteiger partial charge is 0.385 e. The van der Waals surface area contributed by atoms with Crippen LogP contribution in [0.4, 0.5) is 0 Å². The van der Waals surface area contributed by atoms with Crippen LogP contribution in [-0.4, -0.2) is 79.0 Å². The Labute approximate surface area is 120 Å². The molecule has 0 spiro atoms. The van der Waals surface area contributed by atoms with Crippen molar-refractivity contribution in [2.24, 2.45) is 0 Å². The fourth-order valence-corrected chi connectivity index (χ4v) is 4.10. The second-order valence-corrected chi connectivity index (χ2v) is 6.40. The third-order valence-electron chi connectivity index (χ3n) is 4.73. The van der Waals surface area contributed by atoms with E-state index in [0.29, 0.717) is 13.2 Å². The molecule has 5 rings (SSSR count). The van der Waals surface area contributed by atoms with Crippen LogP contribution >= 0.6 is 11.6 Å². The Morgan fingerprint density at radius 1 is 1.10 bits per heavy atom. The molecular formula is C12H15ClO7. The average Bonchev–Trinajstić information content (AvgIpc) is 3.13. The maximum atomic E-state index is 10.3. The first-order valence-corrected chi connectivity index (χ1v) is 7.30. The molecule has 0 aromatic rings. The molecule has 112 valence electrons. The van der Waals surface area contributed by atoms with Gasteiger partial charge in [-0.05, 0) is 0 Å². The SMILES string of the molecule is O[C@H]1[C@@H](O[C@@]23CO[C@@H]4[C@@H](CO[C@@H]42)O3)O[C@@H]2CO[C@H]1[C@H]2Cl. The van der Waals surface area contributed by atoms with E-state index in [1.807, 2.05) is 0 Å². The molecule has 20 heavy (non-hydrogen) atoms. The van der Waals surface area contributed by atoms with Crippen molar-refractivity contribution in [3.8, 4) is 0 Å². The van der Waals surface area contributed by atoms with Gasteiger partial charge in [0.25, 0.3) is 0 Å². The summed E-state index contributed by atoms with van der Waals surface area (Å²) in [5.74, 6) is -0.974. The van der Waals surface area contributed by atoms with Crippen LogP contribution in [-0.2, 0) is 28.4 Å². The highest BCUT2D eigenvalue weighted by Gasteiger charge is 2.69. The Hall–Kier alpha value is 0.01000. The fourth-order valence-electron chi connectivity index (χ4n) is 3.74. The molecular weight excluding hydrogens is 292 g/mol. The smallest absolute Gasteiger partial charge is 0.224 e. The predicted molar refractivity (Wildman–Crippen MR) is 62.2 cm³/mol. The highest BCUT2D eigenvalue weighted by Crippen LogP contribution is 2.48. The van der Waals surface area contributed by atoms with E-state index in [9.17, 15) is 5.11 Å². The normalized spacial score (nSPS) is 63.3. The lowest BCUT2D eigenvalue weighted by molar-refractivity contribution is -0.377. The van der Waals surface area contributed by atoms with Gasteiger partial charge in [0, 0.05) is 0 Å². The lowest BCUT2D eigenvalue weighted by atomic mass is 10.0. The summed E-state index contributed by atoms with van der Waals surface area (Å²) in [6.07, 6.45) is -2.97. The van der Waals surface area contributed by atoms with E-state index < -0.39 is 24.3 Å². The third kappa shape index (κ3) is 1.45. The molecule has 5 fully saturated rings. The second kappa shape index (κ2) is 4.05. The van der Waals surface area contributed by atoms with Crippen LogP contribution in [0.25, 0.3) is 0 Å². The van der Waals surface area contributed by atoms with Crippen molar-refractivity contribution in [2.45, 2.75) is 54.1 Å². The first-order chi connectivity index (χ1) is 9.68. The molecule has 8 heteroatoms. The number of halogens is 1. The molecule has 6 bridgehead atoms. The topological polar surface area (TPSA) is 75.6 Å². The van der Waals surface area contributed by atoms with E-state index in [2.05, 4.69) is 0 Å². The minimum atomic E-state index is -0.974. The third-order valence-corrected chi connectivity index (χ3v) is 5.26. The van der Waals surface area contributed by atoms with E-state index in [1.165, 1.54) is 0 Å². The lowest BCUT2D eigenvalue weighted by Crippen LogP contribution is -2.58. The van der Waals surface area contributed by atoms with Gasteiger partial charge in [0.2, 0.25) is 5.79 Å². The minimum absolute atomic E-state index is 0.0792. The zero-order chi connectivity index (χ0) is 13.5. The zero-order valence-electron chi connectivity index (χ0n) is 10.5. The van der Waals surface area contributed by atoms with Crippen molar-refractivity contribution in [3.63, 3.8) is 0 Å². The Morgan fingerprint density at radius 3 is 2.75 bits per heavy atom. The monoisotopic (exact) mass is 306 g/mol. The number of ether oxygens (including phenoxy) is 6. The van der Waals surface area contributed by atoms with Gasteiger partial charge < -0.3 is 33.5 Å². The van der Waals surface area contributed by atoms with Crippen LogP contribution in [0.15, 0.2) is 0 Å². The van der Waals surface area contributed by atoms with Crippen LogP contribution in [0.2, 0.25) is 0 Å². The number of aliphatic hydroxyl groups is 1. The predicted octanol–water partition coefficient (Wildman–Crippen LogP) is -1.01. The standard InChI is InChI=1S/C12H15ClO7/c13-6-4-1-15-9(6)7(14)11(18-4)20-12-3-17-8-5(19-12)2-16-10(8)12/h4-11,14H,1-3H2/t4-,5-,6+,7-,8-,9+,10+,11-,12+/m1/s1. The average molecular weight is 307 g/mol. The van der Waals surface area contributed by atoms with E-state index in [4.69, 9.17) is 40.0 Å². The molecule has 5 aliphatic rings. The Kier molecular flexibility index (Phi) is 2.54. The number of hydrogen-bond acceptors (Lipinski definition) is 7. The fraction of sp³-hybridized carbons (Fsp3) is 1.00. The van der Waals surface area contributed by atoms with Gasteiger partial charge in [-0.3, -0.25) is 0 Å². The molecule has 5 heterocycles. The first-order valence-electron chi connectivity index (χ1n) is 6.86. The van der Waals surface area contributed by atoms with Gasteiger partial charge in [0.05, 0.1) is 18.6 Å². The van der Waals surface area contributed by atoms with Gasteiger partial charge in [-0.2, -0.15) is 0 Å². The van der Waals surface area contributed by atoms with E-state index in [1.54, 1.807) is 0 Å². The van der Waals surface area contributed by atoms with Crippen molar-refractivity contribution >= 4 is 11.6 Å². The lowest BCUT2D eigenvalue weighted by Gasteiger charge is -2.41. The summed E-state index contributed by atoms with van der Waals surface area (Å²) in [6.45, 7) is 1.17. The summed E-state index contributed by atoms with van der Waals surface area (Å²) in [5, 5.41) is 9.93. The number of fused-ring (bicyclic) bond motifs is 2. The van der Waals surface area contributed by atoms with Crippen LogP contribution in [0.1, 0.15) is 0 Å². The number of alkyl halides is 1. The van der Waals surface area contributed by atoms with Crippen molar-refractivity contribution in [1.82, 2.24) is 0 Å². The zero-order valence-corrected chi connectivity index (χ0v) is 11.3. The molecule has 9 atom stereocenters. The summed E-state index contributed by atoms with van der Waals surface area (Å²) in [4.78, 5) is 0. The summed E-state index contributed by atoms with van der Waals surface area (Å²) in [6, 6.07) is 0. The maximum Gasteiger partial charge on any atom is 0.224 e. The molecule has 5 aliphatic heterocycles. The molecule has 0 aromatic heterocycles. The van der Waals surface area contributed by atoms with E-state index in [-0.39, 0.29) is 36.4 Å². The molecule has 1 N–H and O–H groups in total. The summed E-state index contributed by atoms with van der Waals surface area (Å²) < 4.78 is 34.2. The first kappa shape index (κ1) is 12.5. The van der Waals surface area contributed by atoms with Crippen LogP contribution < -0.4 is 0 Å². The molecule has 0 radical (unpaired) electrons. The molecule has 0 unspecified atom stereocenters. The van der Waals surface area contributed by atoms with Gasteiger partial charge in [-0.15, -0.1) is 11.6 Å². The van der Waals surface area contributed by atoms with Gasteiger partial charge >= 0.3 is 0 Å². The summed E-state index contributed by atoms with van der Waals surface area (Å²) >= 11 is 6.15. The molecule has 7 nitrogen and oxygen atoms in total. The van der Waals surface area contributed by atoms with Gasteiger partial charge in [0.1, 0.15) is 43.2 Å². The Morgan fingerprint density at radius 2 is 1.95 bits per heavy atom. The summed E-state index contributed by atoms with van der Waals surface area (Å²) in [7, 11) is 0. The van der Waals surface area contributed by atoms with Crippen molar-refractivity contribution in [1.29, 1.82) is 0 Å². The van der Waals surface area contributed by atoms with Crippen LogP contribution in [0.5, 0.6) is 0 Å². The van der Waals surface area contributed by atoms with Crippen molar-refractivity contribution in [3.05, 3.63) is 0 Å². The maximum absolute atomic E-state index is 10.3. The Balaban J connectivity index is 1.38. The molecule has 0 aliphatic carbocycles. The van der Waals surface area contributed by atoms with Crippen LogP contribution in [0, 0.1) is 0 Å². The number of hydrogen-bond donors (Lipinski definition) is 1. The molecule has 0 aromatic carbocycles. The van der Waals surface area contributed by atoms with Gasteiger partial charge in [-0.25, -0.2) is 0 Å². The highest BCUT2D eigenvalue weighted by molar-refractivity contribution is 6.21. The quantitative estimate of drug-likeness (QED) is 0.655. The highest BCUT2D eigenvalue weighted by atomic mass is 35.5. The van der Waals surface area contributed by atoms with Gasteiger partial charge in [-0.1, -0.05) is 0 Å². The van der Waals surface area contributed by atoms with Crippen molar-refractivity contribution < 1.29 is 33.5 Å². The van der Waals surface area contributed by atoms with E-state index >= 15 is 0 Å².